The molecule has 178 valence electrons. The van der Waals surface area contributed by atoms with Crippen LogP contribution in [0, 0.1) is 5.82 Å². The minimum atomic E-state index is -1.16. The molecule has 3 aromatic rings. The Bertz CT molecular complexity index is 1300. The van der Waals surface area contributed by atoms with Gasteiger partial charge in [0.15, 0.2) is 0 Å². The summed E-state index contributed by atoms with van der Waals surface area (Å²) in [6.07, 6.45) is -0.351. The maximum Gasteiger partial charge on any atom is 0.269 e. The van der Waals surface area contributed by atoms with Gasteiger partial charge in [-0.1, -0.05) is 47.5 Å². The van der Waals surface area contributed by atoms with Crippen molar-refractivity contribution in [2.45, 2.75) is 12.5 Å². The molecule has 3 aromatic carbocycles. The van der Waals surface area contributed by atoms with E-state index in [0.717, 1.165) is 11.1 Å². The van der Waals surface area contributed by atoms with Crippen molar-refractivity contribution in [3.05, 3.63) is 94.2 Å². The van der Waals surface area contributed by atoms with Crippen LogP contribution in [0.3, 0.4) is 0 Å². The van der Waals surface area contributed by atoms with E-state index in [1.807, 2.05) is 0 Å². The standard InChI is InChI=1S/C24H17Cl2FN4O3S/c25-15-10-16(26)12-18(11-15)28-21(32)13-20-23(34)30(19-7-2-1-3-8-19)24(35)31(20)29-22(33)14-5-4-6-17(27)9-14/h1-12,20H,13H2,(H,28,32)(H,29,33). The highest BCUT2D eigenvalue weighted by atomic mass is 35.5. The maximum atomic E-state index is 13.6. The van der Waals surface area contributed by atoms with Gasteiger partial charge in [0.1, 0.15) is 11.9 Å². The number of benzene rings is 3. The zero-order valence-electron chi connectivity index (χ0n) is 17.9. The zero-order valence-corrected chi connectivity index (χ0v) is 20.2. The Morgan fingerprint density at radius 2 is 1.66 bits per heavy atom. The Morgan fingerprint density at radius 1 is 0.971 bits per heavy atom. The van der Waals surface area contributed by atoms with Crippen LogP contribution in [0.2, 0.25) is 10.0 Å². The van der Waals surface area contributed by atoms with Crippen molar-refractivity contribution in [3.8, 4) is 0 Å². The van der Waals surface area contributed by atoms with Crippen molar-refractivity contribution in [2.24, 2.45) is 0 Å². The average molecular weight is 531 g/mol. The first kappa shape index (κ1) is 24.6. The first-order chi connectivity index (χ1) is 16.7. The topological polar surface area (TPSA) is 81.8 Å². The lowest BCUT2D eigenvalue weighted by Crippen LogP contribution is -2.49. The van der Waals surface area contributed by atoms with E-state index in [1.54, 1.807) is 30.3 Å². The lowest BCUT2D eigenvalue weighted by Gasteiger charge is -2.24. The fourth-order valence-electron chi connectivity index (χ4n) is 3.53. The normalized spacial score (nSPS) is 15.3. The molecule has 3 amide bonds. The molecule has 4 rings (SSSR count). The number of thiocarbonyl (C=S) groups is 1. The number of amides is 3. The van der Waals surface area contributed by atoms with Gasteiger partial charge in [-0.3, -0.25) is 24.7 Å². The molecular weight excluding hydrogens is 514 g/mol. The molecule has 0 radical (unpaired) electrons. The molecule has 1 unspecified atom stereocenters. The van der Waals surface area contributed by atoms with Crippen molar-refractivity contribution in [1.82, 2.24) is 10.4 Å². The molecule has 7 nitrogen and oxygen atoms in total. The summed E-state index contributed by atoms with van der Waals surface area (Å²) in [5.74, 6) is -2.34. The van der Waals surface area contributed by atoms with Gasteiger partial charge in [-0.05, 0) is 60.7 Å². The van der Waals surface area contributed by atoms with Crippen molar-refractivity contribution in [3.63, 3.8) is 0 Å². The SMILES string of the molecule is O=C(CC1C(=O)N(c2ccccc2)C(=S)N1NC(=O)c1cccc(F)c1)Nc1cc(Cl)cc(Cl)c1. The molecule has 1 aliphatic heterocycles. The van der Waals surface area contributed by atoms with E-state index in [0.29, 0.717) is 21.4 Å². The number of para-hydroxylation sites is 1. The van der Waals surface area contributed by atoms with Crippen LogP contribution in [-0.4, -0.2) is 33.9 Å². The van der Waals surface area contributed by atoms with Gasteiger partial charge in [0.05, 0.1) is 12.1 Å². The van der Waals surface area contributed by atoms with Crippen LogP contribution < -0.4 is 15.6 Å². The molecule has 2 N–H and O–H groups in total. The highest BCUT2D eigenvalue weighted by Gasteiger charge is 2.45. The maximum absolute atomic E-state index is 13.6. The molecule has 0 saturated carbocycles. The summed E-state index contributed by atoms with van der Waals surface area (Å²) < 4.78 is 13.6. The zero-order chi connectivity index (χ0) is 25.1. The van der Waals surface area contributed by atoms with Gasteiger partial charge >= 0.3 is 0 Å². The van der Waals surface area contributed by atoms with Gasteiger partial charge in [-0.15, -0.1) is 0 Å². The molecule has 0 aromatic heterocycles. The van der Waals surface area contributed by atoms with Gasteiger partial charge < -0.3 is 5.32 Å². The number of halogens is 3. The van der Waals surface area contributed by atoms with E-state index >= 15 is 0 Å². The van der Waals surface area contributed by atoms with Crippen LogP contribution in [0.15, 0.2) is 72.8 Å². The average Bonchev–Trinajstić information content (AvgIpc) is 3.02. The molecule has 0 aliphatic carbocycles. The van der Waals surface area contributed by atoms with Gasteiger partial charge in [0.2, 0.25) is 11.0 Å². The number of hydrazine groups is 1. The molecule has 35 heavy (non-hydrogen) atoms. The quantitative estimate of drug-likeness (QED) is 0.447. The van der Waals surface area contributed by atoms with Crippen LogP contribution in [0.5, 0.6) is 0 Å². The number of rotatable bonds is 6. The molecule has 0 spiro atoms. The number of hydrogen-bond donors (Lipinski definition) is 2. The smallest absolute Gasteiger partial charge is 0.269 e. The summed E-state index contributed by atoms with van der Waals surface area (Å²) in [5.41, 5.74) is 3.38. The number of nitrogens with one attached hydrogen (secondary N) is 2. The summed E-state index contributed by atoms with van der Waals surface area (Å²) in [6.45, 7) is 0. The van der Waals surface area contributed by atoms with Crippen LogP contribution in [0.4, 0.5) is 15.8 Å². The Kier molecular flexibility index (Phi) is 7.30. The second-order valence-corrected chi connectivity index (χ2v) is 8.78. The number of anilines is 2. The monoisotopic (exact) mass is 530 g/mol. The van der Waals surface area contributed by atoms with Gasteiger partial charge in [-0.2, -0.15) is 0 Å². The van der Waals surface area contributed by atoms with E-state index in [4.69, 9.17) is 35.4 Å². The first-order valence-corrected chi connectivity index (χ1v) is 11.4. The Labute approximate surface area is 215 Å². The lowest BCUT2D eigenvalue weighted by atomic mass is 10.1. The molecule has 1 fully saturated rings. The number of carbonyl (C=O) groups is 3. The van der Waals surface area contributed by atoms with E-state index in [9.17, 15) is 18.8 Å². The highest BCUT2D eigenvalue weighted by molar-refractivity contribution is 7.80. The summed E-state index contributed by atoms with van der Waals surface area (Å²) in [6, 6.07) is 17.0. The van der Waals surface area contributed by atoms with Crippen molar-refractivity contribution in [2.75, 3.05) is 10.2 Å². The Hall–Kier alpha value is -3.53. The number of hydrogen-bond acceptors (Lipinski definition) is 4. The fraction of sp³-hybridized carbons (Fsp3) is 0.0833. The summed E-state index contributed by atoms with van der Waals surface area (Å²) in [7, 11) is 0. The van der Waals surface area contributed by atoms with Gasteiger partial charge in [0, 0.05) is 21.3 Å². The second kappa shape index (κ2) is 10.4. The largest absolute Gasteiger partial charge is 0.326 e. The molecule has 11 heteroatoms. The van der Waals surface area contributed by atoms with Gasteiger partial charge in [-0.25, -0.2) is 9.40 Å². The summed E-state index contributed by atoms with van der Waals surface area (Å²) >= 11 is 17.5. The lowest BCUT2D eigenvalue weighted by molar-refractivity contribution is -0.124. The third-order valence-electron chi connectivity index (χ3n) is 5.06. The molecule has 1 aliphatic rings. The number of nitrogens with zero attached hydrogens (tertiary/aromatic N) is 2. The second-order valence-electron chi connectivity index (χ2n) is 7.54. The minimum absolute atomic E-state index is 0.0233. The van der Waals surface area contributed by atoms with Crippen LogP contribution >= 0.6 is 35.4 Å². The van der Waals surface area contributed by atoms with E-state index in [1.165, 1.54) is 41.3 Å². The molecule has 0 bridgehead atoms. The van der Waals surface area contributed by atoms with E-state index in [-0.39, 0.29) is 17.1 Å². The van der Waals surface area contributed by atoms with E-state index in [2.05, 4.69) is 10.7 Å². The highest BCUT2D eigenvalue weighted by Crippen LogP contribution is 2.27. The first-order valence-electron chi connectivity index (χ1n) is 10.3. The predicted octanol–water partition coefficient (Wildman–Crippen LogP) is 4.81. The Morgan fingerprint density at radius 3 is 2.31 bits per heavy atom. The third-order valence-corrected chi connectivity index (χ3v) is 5.88. The van der Waals surface area contributed by atoms with E-state index < -0.39 is 29.6 Å². The fourth-order valence-corrected chi connectivity index (χ4v) is 4.43. The Balaban J connectivity index is 1.60. The predicted molar refractivity (Wildman–Crippen MR) is 136 cm³/mol. The van der Waals surface area contributed by atoms with Crippen LogP contribution in [0.25, 0.3) is 0 Å². The summed E-state index contributed by atoms with van der Waals surface area (Å²) in [5, 5.41) is 4.40. The minimum Gasteiger partial charge on any atom is -0.326 e. The van der Waals surface area contributed by atoms with Crippen LogP contribution in [-0.2, 0) is 9.59 Å². The van der Waals surface area contributed by atoms with Crippen molar-refractivity contribution < 1.29 is 18.8 Å². The van der Waals surface area contributed by atoms with Crippen LogP contribution in [0.1, 0.15) is 16.8 Å². The summed E-state index contributed by atoms with van der Waals surface area (Å²) in [4.78, 5) is 40.2. The van der Waals surface area contributed by atoms with Crippen molar-refractivity contribution in [1.29, 1.82) is 0 Å². The molecule has 1 atom stereocenters. The number of carbonyl (C=O) groups excluding carboxylic acids is 3. The third kappa shape index (κ3) is 5.59. The molecular formula is C24H17Cl2FN4O3S. The van der Waals surface area contributed by atoms with Gasteiger partial charge in [0.25, 0.3) is 11.8 Å². The van der Waals surface area contributed by atoms with Crippen molar-refractivity contribution >= 4 is 69.6 Å². The molecule has 1 saturated heterocycles. The molecule has 1 heterocycles.